The summed E-state index contributed by atoms with van der Waals surface area (Å²) in [4.78, 5) is 17.7. The second-order valence-electron chi connectivity index (χ2n) is 11.4. The standard InChI is InChI=1S/C34H40BrF3N2O2.C3H8.3C2H6/c1-5-8-26(35)18-27(9-6-2)40-30(7-3)25-16-14-23(15-17-25)20-39-34(41)28-19-29(36)33(32(38)31(28)37)42-21-24-12-10-22(4)11-13-24;1-3-2;3*1-2/h5,7-8,10-13,18-19,23,25H,6,9,14-17,20-21H2,1-4H3,(H,39,41);3H2,1-2H3;3*1-2H3/b8-5-,26-18+,30-7-,40-27-;;;;. The normalized spacial score (nSPS) is 15.9. The number of rotatable bonds is 12. The number of carbonyl (C=O) groups is 1. The summed E-state index contributed by atoms with van der Waals surface area (Å²) in [6, 6.07) is 7.90. The van der Waals surface area contributed by atoms with Crippen LogP contribution in [0.1, 0.15) is 143 Å². The third-order valence-electron chi connectivity index (χ3n) is 7.39. The van der Waals surface area contributed by atoms with Gasteiger partial charge in [-0.3, -0.25) is 9.79 Å². The Labute approximate surface area is 317 Å². The lowest BCUT2D eigenvalue weighted by Gasteiger charge is -2.29. The highest BCUT2D eigenvalue weighted by Crippen LogP contribution is 2.34. The zero-order chi connectivity index (χ0) is 39.4. The second kappa shape index (κ2) is 30.5. The molecule has 1 fully saturated rings. The monoisotopic (exact) mass is 778 g/mol. The molecule has 0 saturated heterocycles. The molecule has 0 radical (unpaired) electrons. The highest BCUT2D eigenvalue weighted by atomic mass is 79.9. The molecule has 0 unspecified atom stereocenters. The maximum atomic E-state index is 14.8. The van der Waals surface area contributed by atoms with Crippen LogP contribution in [0.5, 0.6) is 5.75 Å². The second-order valence-corrected chi connectivity index (χ2v) is 12.3. The molecule has 1 aliphatic carbocycles. The van der Waals surface area contributed by atoms with Crippen LogP contribution in [-0.4, -0.2) is 18.2 Å². The van der Waals surface area contributed by atoms with Crippen LogP contribution in [0.2, 0.25) is 0 Å². The van der Waals surface area contributed by atoms with E-state index in [1.807, 2.05) is 86.6 Å². The summed E-state index contributed by atoms with van der Waals surface area (Å²) in [5.41, 5.74) is 3.13. The first-order valence-electron chi connectivity index (χ1n) is 19.0. The SMILES string of the molecule is CC.CC.CC.CCC.C\C=C/C(Br)=C\C(CCC)=N/C(=C\C)C1CCC(CNC(=O)c2cc(F)c(OCc3ccc(C)cc3)c(F)c2F)CC1. The predicted octanol–water partition coefficient (Wildman–Crippen LogP) is 14.0. The van der Waals surface area contributed by atoms with Crippen LogP contribution in [0.3, 0.4) is 0 Å². The van der Waals surface area contributed by atoms with Crippen molar-refractivity contribution in [3.63, 3.8) is 0 Å². The van der Waals surface area contributed by atoms with E-state index in [0.29, 0.717) is 24.1 Å². The van der Waals surface area contributed by atoms with Crippen LogP contribution in [0.4, 0.5) is 13.2 Å². The van der Waals surface area contributed by atoms with E-state index in [0.717, 1.165) is 60.0 Å². The van der Waals surface area contributed by atoms with Crippen molar-refractivity contribution >= 4 is 27.5 Å². The highest BCUT2D eigenvalue weighted by Gasteiger charge is 2.27. The molecule has 2 aromatic carbocycles. The Morgan fingerprint density at radius 1 is 0.941 bits per heavy atom. The average Bonchev–Trinajstić information content (AvgIpc) is 3.15. The quantitative estimate of drug-likeness (QED) is 0.132. The molecule has 0 heterocycles. The Balaban J connectivity index is 0. The fourth-order valence-corrected chi connectivity index (χ4v) is 5.58. The first-order valence-corrected chi connectivity index (χ1v) is 19.7. The lowest BCUT2D eigenvalue weighted by atomic mass is 9.80. The molecule has 288 valence electrons. The number of carbonyl (C=O) groups excluding carboxylic acids is 1. The van der Waals surface area contributed by atoms with Gasteiger partial charge in [-0.15, -0.1) is 0 Å². The smallest absolute Gasteiger partial charge is 0.254 e. The van der Waals surface area contributed by atoms with E-state index >= 15 is 0 Å². The van der Waals surface area contributed by atoms with Gasteiger partial charge in [0.1, 0.15) is 6.61 Å². The van der Waals surface area contributed by atoms with E-state index in [2.05, 4.69) is 54.2 Å². The van der Waals surface area contributed by atoms with Gasteiger partial charge in [-0.1, -0.05) is 139 Å². The number of hydrogen-bond acceptors (Lipinski definition) is 3. The van der Waals surface area contributed by atoms with E-state index in [1.165, 1.54) is 6.42 Å². The van der Waals surface area contributed by atoms with Crippen molar-refractivity contribution in [2.75, 3.05) is 6.54 Å². The van der Waals surface area contributed by atoms with Gasteiger partial charge in [-0.25, -0.2) is 8.78 Å². The lowest BCUT2D eigenvalue weighted by Crippen LogP contribution is -2.32. The number of hydrogen-bond donors (Lipinski definition) is 1. The van der Waals surface area contributed by atoms with Gasteiger partial charge in [0.15, 0.2) is 17.4 Å². The molecule has 0 atom stereocenters. The number of aliphatic imine (C=N–C) groups is 1. The van der Waals surface area contributed by atoms with Crippen molar-refractivity contribution in [1.29, 1.82) is 0 Å². The molecule has 0 aromatic heterocycles. The number of benzene rings is 2. The molecular weight excluding hydrogens is 713 g/mol. The molecule has 1 aliphatic rings. The fraction of sp³-hybridized carbons (Fsp3) is 0.535. The van der Waals surface area contributed by atoms with E-state index in [4.69, 9.17) is 9.73 Å². The molecule has 0 aliphatic heterocycles. The molecule has 1 amide bonds. The summed E-state index contributed by atoms with van der Waals surface area (Å²) in [6.45, 7) is 24.4. The molecule has 2 aromatic rings. The van der Waals surface area contributed by atoms with Gasteiger partial charge >= 0.3 is 0 Å². The lowest BCUT2D eigenvalue weighted by molar-refractivity contribution is 0.0936. The number of nitrogens with zero attached hydrogens (tertiary/aromatic N) is 1. The van der Waals surface area contributed by atoms with Gasteiger partial charge < -0.3 is 10.1 Å². The molecule has 51 heavy (non-hydrogen) atoms. The molecule has 8 heteroatoms. The van der Waals surface area contributed by atoms with Gasteiger partial charge in [-0.2, -0.15) is 4.39 Å². The van der Waals surface area contributed by atoms with E-state index in [9.17, 15) is 18.0 Å². The Morgan fingerprint density at radius 3 is 2.02 bits per heavy atom. The summed E-state index contributed by atoms with van der Waals surface area (Å²) >= 11 is 3.57. The van der Waals surface area contributed by atoms with Crippen LogP contribution < -0.4 is 10.1 Å². The number of halogens is 4. The summed E-state index contributed by atoms with van der Waals surface area (Å²) in [5, 5.41) is 2.67. The molecule has 0 spiro atoms. The van der Waals surface area contributed by atoms with Gasteiger partial charge in [0, 0.05) is 28.4 Å². The minimum atomic E-state index is -1.51. The fourth-order valence-electron chi connectivity index (χ4n) is 5.05. The van der Waals surface area contributed by atoms with Gasteiger partial charge in [-0.05, 0) is 76.5 Å². The van der Waals surface area contributed by atoms with Crippen molar-refractivity contribution < 1.29 is 22.7 Å². The minimum absolute atomic E-state index is 0.133. The van der Waals surface area contributed by atoms with Gasteiger partial charge in [0.25, 0.3) is 5.91 Å². The van der Waals surface area contributed by atoms with Crippen molar-refractivity contribution in [3.05, 3.63) is 99.0 Å². The molecule has 1 saturated carbocycles. The molecular formula is C43H66BrF3N2O2. The number of ether oxygens (including phenoxy) is 1. The Kier molecular flexibility index (Phi) is 29.9. The number of allylic oxidation sites excluding steroid dienone is 6. The van der Waals surface area contributed by atoms with Crippen molar-refractivity contribution in [2.45, 2.75) is 135 Å². The maximum absolute atomic E-state index is 14.8. The van der Waals surface area contributed by atoms with Crippen molar-refractivity contribution in [2.24, 2.45) is 16.8 Å². The number of aryl methyl sites for hydroxylation is 1. The third kappa shape index (κ3) is 18.8. The predicted molar refractivity (Wildman–Crippen MR) is 218 cm³/mol. The Morgan fingerprint density at radius 2 is 1.51 bits per heavy atom. The number of amides is 1. The van der Waals surface area contributed by atoms with Gasteiger partial charge in [0.2, 0.25) is 5.82 Å². The van der Waals surface area contributed by atoms with Crippen LogP contribution in [0.15, 0.2) is 69.8 Å². The molecule has 0 bridgehead atoms. The maximum Gasteiger partial charge on any atom is 0.254 e. The molecule has 4 nitrogen and oxygen atoms in total. The summed E-state index contributed by atoms with van der Waals surface area (Å²) in [5.74, 6) is -5.25. The van der Waals surface area contributed by atoms with Crippen LogP contribution >= 0.6 is 15.9 Å². The first-order chi connectivity index (χ1) is 24.6. The van der Waals surface area contributed by atoms with Gasteiger partial charge in [0.05, 0.1) is 5.56 Å². The first kappa shape index (κ1) is 50.0. The topological polar surface area (TPSA) is 50.7 Å². The Hall–Kier alpha value is -3.13. The van der Waals surface area contributed by atoms with E-state index < -0.39 is 34.7 Å². The third-order valence-corrected chi connectivity index (χ3v) is 7.88. The zero-order valence-electron chi connectivity index (χ0n) is 33.5. The van der Waals surface area contributed by atoms with E-state index in [-0.39, 0.29) is 12.5 Å². The molecule has 3 rings (SSSR count). The minimum Gasteiger partial charge on any atom is -0.483 e. The Bertz CT molecular complexity index is 1360. The van der Waals surface area contributed by atoms with E-state index in [1.54, 1.807) is 12.1 Å². The van der Waals surface area contributed by atoms with Crippen molar-refractivity contribution in [1.82, 2.24) is 5.32 Å². The molecule has 1 N–H and O–H groups in total. The van der Waals surface area contributed by atoms with Crippen LogP contribution in [0, 0.1) is 36.2 Å². The average molecular weight is 780 g/mol. The van der Waals surface area contributed by atoms with Crippen molar-refractivity contribution in [3.8, 4) is 5.75 Å². The zero-order valence-corrected chi connectivity index (χ0v) is 35.1. The largest absolute Gasteiger partial charge is 0.483 e. The van der Waals surface area contributed by atoms with Crippen LogP contribution in [-0.2, 0) is 6.61 Å². The summed E-state index contributed by atoms with van der Waals surface area (Å²) in [6.07, 6.45) is 14.7. The number of nitrogens with one attached hydrogen (secondary N) is 1. The van der Waals surface area contributed by atoms with Crippen LogP contribution in [0.25, 0.3) is 0 Å². The summed E-state index contributed by atoms with van der Waals surface area (Å²) < 4.78 is 50.4. The summed E-state index contributed by atoms with van der Waals surface area (Å²) in [7, 11) is 0. The highest BCUT2D eigenvalue weighted by molar-refractivity contribution is 9.11.